The van der Waals surface area contributed by atoms with Crippen LogP contribution in [0.5, 0.6) is 5.75 Å². The highest BCUT2D eigenvalue weighted by atomic mass is 16.5. The summed E-state index contributed by atoms with van der Waals surface area (Å²) in [6, 6.07) is 3.64. The van der Waals surface area contributed by atoms with Gasteiger partial charge in [-0.3, -0.25) is 9.78 Å². The molecule has 0 aromatic carbocycles. The molecule has 8 heteroatoms. The van der Waals surface area contributed by atoms with Gasteiger partial charge < -0.3 is 14.6 Å². The van der Waals surface area contributed by atoms with E-state index in [1.54, 1.807) is 12.3 Å². The summed E-state index contributed by atoms with van der Waals surface area (Å²) in [6.07, 6.45) is 4.19. The average Bonchev–Trinajstić information content (AvgIpc) is 3.04. The molecule has 0 atom stereocenters. The van der Waals surface area contributed by atoms with Crippen LogP contribution in [-0.2, 0) is 6.42 Å². The number of hydrogen-bond acceptors (Lipinski definition) is 7. The molecule has 0 aliphatic heterocycles. The van der Waals surface area contributed by atoms with Gasteiger partial charge in [0.25, 0.3) is 11.4 Å². The number of aromatic nitrogens is 5. The van der Waals surface area contributed by atoms with Gasteiger partial charge in [-0.15, -0.1) is 0 Å². The fraction of sp³-hybridized carbons (Fsp3) is 0.312. The van der Waals surface area contributed by atoms with Gasteiger partial charge in [0, 0.05) is 12.6 Å². The van der Waals surface area contributed by atoms with Gasteiger partial charge in [-0.1, -0.05) is 24.6 Å². The molecule has 3 aromatic rings. The van der Waals surface area contributed by atoms with Crippen molar-refractivity contribution in [3.05, 3.63) is 40.1 Å². The van der Waals surface area contributed by atoms with Crippen molar-refractivity contribution in [2.45, 2.75) is 33.1 Å². The van der Waals surface area contributed by atoms with Crippen LogP contribution in [0.25, 0.3) is 23.1 Å². The highest BCUT2D eigenvalue weighted by Crippen LogP contribution is 2.25. The molecule has 8 nitrogen and oxygen atoms in total. The fourth-order valence-corrected chi connectivity index (χ4v) is 2.25. The van der Waals surface area contributed by atoms with E-state index in [1.807, 2.05) is 13.0 Å². The molecule has 0 fully saturated rings. The molecule has 0 radical (unpaired) electrons. The molecule has 3 heterocycles. The van der Waals surface area contributed by atoms with E-state index >= 15 is 0 Å². The largest absolute Gasteiger partial charge is 0.501 e. The second kappa shape index (κ2) is 6.61. The number of aromatic amines is 1. The zero-order valence-corrected chi connectivity index (χ0v) is 13.4. The molecule has 0 spiro atoms. The van der Waals surface area contributed by atoms with Crippen molar-refractivity contribution in [3.63, 3.8) is 0 Å². The van der Waals surface area contributed by atoms with Gasteiger partial charge in [-0.2, -0.15) is 4.98 Å². The van der Waals surface area contributed by atoms with E-state index < -0.39 is 11.3 Å². The Hall–Kier alpha value is -3.03. The predicted molar refractivity (Wildman–Crippen MR) is 86.4 cm³/mol. The highest BCUT2D eigenvalue weighted by molar-refractivity contribution is 5.62. The molecule has 0 bridgehead atoms. The first-order valence-electron chi connectivity index (χ1n) is 7.68. The van der Waals surface area contributed by atoms with Crippen LogP contribution in [0.1, 0.15) is 31.2 Å². The number of H-pyrrole nitrogens is 1. The second-order valence-corrected chi connectivity index (χ2v) is 5.40. The summed E-state index contributed by atoms with van der Waals surface area (Å²) < 4.78 is 5.15. The first-order valence-corrected chi connectivity index (χ1v) is 7.68. The number of aromatic hydroxyl groups is 1. The summed E-state index contributed by atoms with van der Waals surface area (Å²) in [7, 11) is 0. The lowest BCUT2D eigenvalue weighted by molar-refractivity contribution is 0.413. The van der Waals surface area contributed by atoms with E-state index in [9.17, 15) is 9.90 Å². The van der Waals surface area contributed by atoms with Crippen molar-refractivity contribution in [1.82, 2.24) is 25.1 Å². The third-order valence-electron chi connectivity index (χ3n) is 3.55. The predicted octanol–water partition coefficient (Wildman–Crippen LogP) is 2.24. The van der Waals surface area contributed by atoms with E-state index in [4.69, 9.17) is 4.52 Å². The number of aryl methyl sites for hydroxylation is 2. The number of rotatable bonds is 5. The highest BCUT2D eigenvalue weighted by Gasteiger charge is 2.20. The van der Waals surface area contributed by atoms with Gasteiger partial charge in [0.05, 0.1) is 0 Å². The van der Waals surface area contributed by atoms with Crippen LogP contribution in [-0.4, -0.2) is 30.2 Å². The minimum atomic E-state index is -0.687. The van der Waals surface area contributed by atoms with E-state index in [1.165, 1.54) is 0 Å². The lowest BCUT2D eigenvalue weighted by Crippen LogP contribution is -2.11. The van der Waals surface area contributed by atoms with Crippen molar-refractivity contribution in [2.75, 3.05) is 0 Å². The molecule has 3 rings (SSSR count). The number of pyridine rings is 1. The first-order chi connectivity index (χ1) is 11.6. The summed E-state index contributed by atoms with van der Waals surface area (Å²) in [5, 5.41) is 13.9. The molecule has 0 saturated carbocycles. The lowest BCUT2D eigenvalue weighted by Gasteiger charge is -2.05. The third-order valence-corrected chi connectivity index (χ3v) is 3.55. The average molecular weight is 327 g/mol. The molecule has 0 saturated heterocycles. The van der Waals surface area contributed by atoms with Crippen LogP contribution >= 0.6 is 0 Å². The van der Waals surface area contributed by atoms with Gasteiger partial charge >= 0.3 is 0 Å². The summed E-state index contributed by atoms with van der Waals surface area (Å²) in [6.45, 7) is 3.91. The minimum absolute atomic E-state index is 0.0135. The smallest absolute Gasteiger partial charge is 0.294 e. The Morgan fingerprint density at radius 2 is 2.12 bits per heavy atom. The van der Waals surface area contributed by atoms with Crippen LogP contribution in [0.2, 0.25) is 0 Å². The fourth-order valence-electron chi connectivity index (χ4n) is 2.25. The van der Waals surface area contributed by atoms with E-state index in [2.05, 4.69) is 32.0 Å². The van der Waals surface area contributed by atoms with Crippen molar-refractivity contribution in [3.8, 4) is 28.9 Å². The molecule has 0 amide bonds. The standard InChI is InChI=1S/C16H17N5O3/c1-3-4-7-10-18-16(24-21-10)12-13(22)15(23)20-14(19-12)11-9(2)6-5-8-17-11/h5-6,8,22H,3-4,7H2,1-2H3,(H,19,20,23). The quantitative estimate of drug-likeness (QED) is 0.737. The molecule has 3 aromatic heterocycles. The van der Waals surface area contributed by atoms with Gasteiger partial charge in [0.2, 0.25) is 5.75 Å². The molecular formula is C16H17N5O3. The molecule has 2 N–H and O–H groups in total. The number of unbranched alkanes of at least 4 members (excludes halogenated alkanes) is 1. The maximum absolute atomic E-state index is 12.0. The van der Waals surface area contributed by atoms with Gasteiger partial charge in [0.15, 0.2) is 17.3 Å². The summed E-state index contributed by atoms with van der Waals surface area (Å²) >= 11 is 0. The zero-order valence-electron chi connectivity index (χ0n) is 13.4. The Balaban J connectivity index is 2.07. The maximum Gasteiger partial charge on any atom is 0.294 e. The number of nitrogens with one attached hydrogen (secondary N) is 1. The van der Waals surface area contributed by atoms with Gasteiger partial charge in [-0.25, -0.2) is 4.98 Å². The van der Waals surface area contributed by atoms with Crippen LogP contribution < -0.4 is 5.56 Å². The molecule has 0 aliphatic rings. The van der Waals surface area contributed by atoms with E-state index in [0.29, 0.717) is 17.9 Å². The third kappa shape index (κ3) is 3.03. The minimum Gasteiger partial charge on any atom is -0.501 e. The Morgan fingerprint density at radius 1 is 1.29 bits per heavy atom. The lowest BCUT2D eigenvalue weighted by atomic mass is 10.2. The van der Waals surface area contributed by atoms with Crippen molar-refractivity contribution < 1.29 is 9.63 Å². The normalized spacial score (nSPS) is 10.9. The van der Waals surface area contributed by atoms with E-state index in [-0.39, 0.29) is 17.4 Å². The number of nitrogens with zero attached hydrogens (tertiary/aromatic N) is 4. The first kappa shape index (κ1) is 15.9. The Morgan fingerprint density at radius 3 is 2.88 bits per heavy atom. The Bertz CT molecular complexity index is 916. The summed E-state index contributed by atoms with van der Waals surface area (Å²) in [5.41, 5.74) is 0.621. The number of hydrogen-bond donors (Lipinski definition) is 2. The maximum atomic E-state index is 12.0. The van der Waals surface area contributed by atoms with E-state index in [0.717, 1.165) is 18.4 Å². The molecule has 124 valence electrons. The monoisotopic (exact) mass is 327 g/mol. The molecular weight excluding hydrogens is 310 g/mol. The Kier molecular flexibility index (Phi) is 4.37. The van der Waals surface area contributed by atoms with Crippen LogP contribution in [0, 0.1) is 6.92 Å². The second-order valence-electron chi connectivity index (χ2n) is 5.40. The summed E-state index contributed by atoms with van der Waals surface area (Å²) in [4.78, 5) is 27.2. The van der Waals surface area contributed by atoms with Crippen LogP contribution in [0.3, 0.4) is 0 Å². The molecule has 0 aliphatic carbocycles. The topological polar surface area (TPSA) is 118 Å². The van der Waals surface area contributed by atoms with Gasteiger partial charge in [0.1, 0.15) is 5.69 Å². The van der Waals surface area contributed by atoms with Gasteiger partial charge in [-0.05, 0) is 25.0 Å². The zero-order chi connectivity index (χ0) is 17.1. The van der Waals surface area contributed by atoms with Crippen molar-refractivity contribution in [1.29, 1.82) is 0 Å². The SMILES string of the molecule is CCCCc1noc(-c2nc(-c3ncccc3C)[nH]c(=O)c2O)n1. The van der Waals surface area contributed by atoms with Crippen LogP contribution in [0.4, 0.5) is 0 Å². The summed E-state index contributed by atoms with van der Waals surface area (Å²) in [5.74, 6) is 0.209. The van der Waals surface area contributed by atoms with Crippen LogP contribution in [0.15, 0.2) is 27.6 Å². The Labute approximate surface area is 137 Å². The molecule has 24 heavy (non-hydrogen) atoms. The van der Waals surface area contributed by atoms with Crippen molar-refractivity contribution in [2.24, 2.45) is 0 Å². The van der Waals surface area contributed by atoms with Crippen molar-refractivity contribution >= 4 is 0 Å². The molecule has 0 unspecified atom stereocenters.